The maximum absolute atomic E-state index is 14.6. The predicted octanol–water partition coefficient (Wildman–Crippen LogP) is 4.33. The number of ketones is 1. The second-order valence-corrected chi connectivity index (χ2v) is 19.0. The van der Waals surface area contributed by atoms with Gasteiger partial charge in [0.2, 0.25) is 27.7 Å². The van der Waals surface area contributed by atoms with Crippen LogP contribution in [0, 0.1) is 11.3 Å². The number of hydrogen-bond donors (Lipinski definition) is 3. The van der Waals surface area contributed by atoms with E-state index < -0.39 is 68.4 Å². The van der Waals surface area contributed by atoms with Crippen molar-refractivity contribution in [1.29, 1.82) is 0 Å². The topological polar surface area (TPSA) is 199 Å². The number of pyridine rings is 1. The fraction of sp³-hybridized carbons (Fsp3) is 0.600. The van der Waals surface area contributed by atoms with Crippen LogP contribution in [0.15, 0.2) is 42.6 Å². The first kappa shape index (κ1) is 42.4. The third-order valence-electron chi connectivity index (χ3n) is 10.0. The number of methoxy groups -OCH3 is 1. The highest BCUT2D eigenvalue weighted by molar-refractivity contribution is 7.91. The Balaban J connectivity index is 1.44. The summed E-state index contributed by atoms with van der Waals surface area (Å²) in [7, 11) is -2.34. The van der Waals surface area contributed by atoms with E-state index >= 15 is 0 Å². The van der Waals surface area contributed by atoms with E-state index in [1.165, 1.54) is 11.0 Å². The van der Waals surface area contributed by atoms with Gasteiger partial charge < -0.3 is 29.7 Å². The summed E-state index contributed by atoms with van der Waals surface area (Å²) in [4.78, 5) is 74.2. The molecule has 5 atom stereocenters. The van der Waals surface area contributed by atoms with Crippen molar-refractivity contribution in [2.45, 2.75) is 128 Å². The van der Waals surface area contributed by atoms with Crippen LogP contribution < -0.4 is 24.8 Å². The molecule has 0 spiro atoms. The zero-order valence-corrected chi connectivity index (χ0v) is 34.3. The zero-order valence-electron chi connectivity index (χ0n) is 33.5. The molecule has 5 rings (SSSR count). The van der Waals surface area contributed by atoms with Gasteiger partial charge in [-0.15, -0.1) is 0 Å². The lowest BCUT2D eigenvalue weighted by atomic mass is 9.95. The molecule has 1 saturated heterocycles. The maximum atomic E-state index is 14.6. The molecule has 2 aromatic rings. The highest BCUT2D eigenvalue weighted by atomic mass is 32.2. The van der Waals surface area contributed by atoms with E-state index in [-0.39, 0.29) is 55.2 Å². The normalized spacial score (nSPS) is 23.0. The zero-order chi connectivity index (χ0) is 41.2. The van der Waals surface area contributed by atoms with Crippen molar-refractivity contribution in [2.75, 3.05) is 13.7 Å². The summed E-state index contributed by atoms with van der Waals surface area (Å²) in [6.45, 7) is 12.6. The van der Waals surface area contributed by atoms with Crippen molar-refractivity contribution in [3.63, 3.8) is 0 Å². The van der Waals surface area contributed by atoms with Crippen molar-refractivity contribution < 1.29 is 46.6 Å². The number of likely N-dealkylation sites (tertiary alicyclic amines) is 1. The fourth-order valence-corrected chi connectivity index (χ4v) is 8.16. The lowest BCUT2D eigenvalue weighted by molar-refractivity contribution is -0.141. The van der Waals surface area contributed by atoms with Crippen LogP contribution >= 0.6 is 0 Å². The minimum absolute atomic E-state index is 0.0208. The van der Waals surface area contributed by atoms with Gasteiger partial charge in [-0.1, -0.05) is 40.2 Å². The van der Waals surface area contributed by atoms with E-state index in [2.05, 4.69) is 20.3 Å². The van der Waals surface area contributed by atoms with Gasteiger partial charge >= 0.3 is 6.09 Å². The van der Waals surface area contributed by atoms with Gasteiger partial charge in [-0.2, -0.15) is 0 Å². The van der Waals surface area contributed by atoms with E-state index in [4.69, 9.17) is 14.2 Å². The Bertz CT molecular complexity index is 1980. The number of hydrogen-bond acceptors (Lipinski definition) is 11. The Morgan fingerprint density at radius 2 is 1.79 bits per heavy atom. The third-order valence-corrected chi connectivity index (χ3v) is 11.9. The van der Waals surface area contributed by atoms with Crippen LogP contribution in [-0.2, 0) is 33.9 Å². The van der Waals surface area contributed by atoms with Gasteiger partial charge in [0.05, 0.1) is 18.9 Å². The Morgan fingerprint density at radius 3 is 2.39 bits per heavy atom. The third kappa shape index (κ3) is 10.6. The summed E-state index contributed by atoms with van der Waals surface area (Å²) in [5, 5.41) is 6.25. The molecule has 16 heteroatoms. The molecule has 1 aromatic heterocycles. The summed E-state index contributed by atoms with van der Waals surface area (Å²) in [6.07, 6.45) is 4.54. The molecule has 4 amide bonds. The number of fused-ring (bicyclic) bond motifs is 1. The number of allylic oxidation sites excluding steroid dienone is 2. The van der Waals surface area contributed by atoms with Gasteiger partial charge in [-0.3, -0.25) is 23.9 Å². The molecule has 1 aliphatic heterocycles. The fourth-order valence-electron chi connectivity index (χ4n) is 6.80. The summed E-state index contributed by atoms with van der Waals surface area (Å²) in [5.74, 6) is -1.85. The number of carbonyl (C=O) groups excluding carboxylic acids is 5. The molecular weight excluding hydrogens is 743 g/mol. The second-order valence-electron chi connectivity index (χ2n) is 17.0. The van der Waals surface area contributed by atoms with Crippen molar-refractivity contribution in [2.24, 2.45) is 11.3 Å². The highest BCUT2D eigenvalue weighted by Gasteiger charge is 2.62. The Morgan fingerprint density at radius 1 is 1.07 bits per heavy atom. The first-order chi connectivity index (χ1) is 26.1. The Kier molecular flexibility index (Phi) is 12.4. The first-order valence-electron chi connectivity index (χ1n) is 19.1. The molecule has 2 saturated carbocycles. The van der Waals surface area contributed by atoms with E-state index in [0.29, 0.717) is 30.4 Å². The summed E-state index contributed by atoms with van der Waals surface area (Å²) < 4.78 is 44.9. The summed E-state index contributed by atoms with van der Waals surface area (Å²) in [5.41, 5.74) is -2.64. The molecular formula is C40H55N5O10S. The van der Waals surface area contributed by atoms with Crippen molar-refractivity contribution in [3.8, 4) is 11.6 Å². The average Bonchev–Trinajstić information content (AvgIpc) is 4.04. The number of nitrogens with zero attached hydrogens (tertiary/aromatic N) is 2. The van der Waals surface area contributed by atoms with Crippen LogP contribution in [0.25, 0.3) is 10.8 Å². The molecule has 1 aromatic carbocycles. The largest absolute Gasteiger partial charge is 0.497 e. The maximum Gasteiger partial charge on any atom is 0.408 e. The standard InChI is InChI=1S/C40H55N5O10S/c1-9-25-22-40(25,36(49)44-56(51,52)29-12-13-29)43-33(47)32-21-28(54-34-30-14-11-27(53-8)20-24(30)17-19-41-34)23-45(32)35(48)31(42-37(50)55-39(5,6)7)15-10-26(46)16-18-38(2,3)4/h11,14,16-20,25,28-29,31-32H,9-10,12-13,15,21-23H2,1-8H3,(H,42,50)(H,43,47)(H,44,49)/b18-16+/t25-,28-,31+,32+,40-/m1/s1. The molecule has 306 valence electrons. The average molecular weight is 798 g/mol. The minimum atomic E-state index is -3.90. The van der Waals surface area contributed by atoms with Crippen molar-refractivity contribution in [1.82, 2.24) is 25.2 Å². The Labute approximate surface area is 328 Å². The Hall–Kier alpha value is -4.73. The van der Waals surface area contributed by atoms with Crippen LogP contribution in [0.2, 0.25) is 0 Å². The number of amides is 4. The molecule has 15 nitrogen and oxygen atoms in total. The van der Waals surface area contributed by atoms with Crippen LogP contribution in [0.5, 0.6) is 11.6 Å². The predicted molar refractivity (Wildman–Crippen MR) is 208 cm³/mol. The van der Waals surface area contributed by atoms with Crippen molar-refractivity contribution in [3.05, 3.63) is 42.6 Å². The van der Waals surface area contributed by atoms with E-state index in [0.717, 1.165) is 5.39 Å². The molecule has 3 fully saturated rings. The van der Waals surface area contributed by atoms with Crippen molar-refractivity contribution >= 4 is 50.4 Å². The van der Waals surface area contributed by atoms with E-state index in [1.807, 2.05) is 33.8 Å². The number of carbonyl (C=O) groups is 5. The van der Waals surface area contributed by atoms with Gasteiger partial charge in [-0.25, -0.2) is 18.2 Å². The number of alkyl carbamates (subject to hydrolysis) is 1. The highest BCUT2D eigenvalue weighted by Crippen LogP contribution is 2.47. The van der Waals surface area contributed by atoms with Crippen LogP contribution in [-0.4, -0.2) is 96.1 Å². The molecule has 56 heavy (non-hydrogen) atoms. The van der Waals surface area contributed by atoms with Crippen LogP contribution in [0.1, 0.15) is 93.4 Å². The minimum Gasteiger partial charge on any atom is -0.497 e. The van der Waals surface area contributed by atoms with Crippen LogP contribution in [0.3, 0.4) is 0 Å². The number of ether oxygens (including phenoxy) is 3. The number of benzene rings is 1. The molecule has 0 bridgehead atoms. The number of sulfonamides is 1. The van der Waals surface area contributed by atoms with Gasteiger partial charge in [0.25, 0.3) is 5.91 Å². The smallest absolute Gasteiger partial charge is 0.408 e. The van der Waals surface area contributed by atoms with E-state index in [9.17, 15) is 32.4 Å². The van der Waals surface area contributed by atoms with Gasteiger partial charge in [0, 0.05) is 24.4 Å². The van der Waals surface area contributed by atoms with Crippen LogP contribution in [0.4, 0.5) is 4.79 Å². The quantitative estimate of drug-likeness (QED) is 0.217. The van der Waals surface area contributed by atoms with Gasteiger partial charge in [0.15, 0.2) is 5.78 Å². The second kappa shape index (κ2) is 16.4. The van der Waals surface area contributed by atoms with E-state index in [1.54, 1.807) is 58.4 Å². The first-order valence-corrected chi connectivity index (χ1v) is 20.7. The monoisotopic (exact) mass is 797 g/mol. The number of nitrogens with one attached hydrogen (secondary N) is 3. The number of aromatic nitrogens is 1. The number of rotatable bonds is 15. The lowest BCUT2D eigenvalue weighted by Crippen LogP contribution is -2.58. The summed E-state index contributed by atoms with van der Waals surface area (Å²) >= 11 is 0. The van der Waals surface area contributed by atoms with Gasteiger partial charge in [0.1, 0.15) is 35.1 Å². The summed E-state index contributed by atoms with van der Waals surface area (Å²) in [6, 6.07) is 4.69. The molecule has 3 N–H and O–H groups in total. The van der Waals surface area contributed by atoms with Gasteiger partial charge in [-0.05, 0) is 93.5 Å². The molecule has 0 unspecified atom stereocenters. The SMILES string of the molecule is CC[C@@H]1C[C@]1(NC(=O)[C@@H]1C[C@@H](Oc2nccc3cc(OC)ccc23)CN1C(=O)[C@H](CCC(=O)/C=C/C(C)(C)C)NC(=O)OC(C)(C)C)C(=O)NS(=O)(=O)C1CC1. The lowest BCUT2D eigenvalue weighted by Gasteiger charge is -2.30. The molecule has 3 aliphatic rings. The molecule has 2 heterocycles. The molecule has 2 aliphatic carbocycles. The molecule has 0 radical (unpaired) electrons.